The van der Waals surface area contributed by atoms with Gasteiger partial charge in [-0.05, 0) is 6.42 Å². The molecule has 0 bridgehead atoms. The van der Waals surface area contributed by atoms with Gasteiger partial charge in [-0.3, -0.25) is 0 Å². The minimum atomic E-state index is -0.393. The monoisotopic (exact) mass is 142 g/mol. The van der Waals surface area contributed by atoms with Crippen LogP contribution >= 0.6 is 0 Å². The van der Waals surface area contributed by atoms with E-state index in [2.05, 4.69) is 32.2 Å². The van der Waals surface area contributed by atoms with Crippen LogP contribution in [0, 0.1) is 0 Å². The molecule has 0 nitrogen and oxygen atoms in total. The maximum absolute atomic E-state index is 2.45. The molecule has 0 saturated heterocycles. The van der Waals surface area contributed by atoms with Crippen molar-refractivity contribution in [1.82, 2.24) is 0 Å². The maximum Gasteiger partial charge on any atom is 0.0577 e. The summed E-state index contributed by atoms with van der Waals surface area (Å²) >= 11 is 0. The Kier molecular flexibility index (Phi) is 6.05. The summed E-state index contributed by atoms with van der Waals surface area (Å²) < 4.78 is 0. The molecule has 0 spiro atoms. The highest BCUT2D eigenvalue weighted by molar-refractivity contribution is 6.62. The Morgan fingerprint density at radius 2 is 2.00 bits per heavy atom. The number of rotatable bonds is 4. The van der Waals surface area contributed by atoms with E-state index in [0.29, 0.717) is 0 Å². The van der Waals surface area contributed by atoms with Gasteiger partial charge in [0.05, 0.1) is 8.80 Å². The van der Waals surface area contributed by atoms with E-state index in [1.54, 1.807) is 0 Å². The highest BCUT2D eigenvalue weighted by Crippen LogP contribution is 1.94. The minimum absolute atomic E-state index is 0.393. The molecule has 0 amide bonds. The molecule has 0 aromatic heterocycles. The number of allylic oxidation sites excluding steroid dienone is 1. The van der Waals surface area contributed by atoms with Crippen molar-refractivity contribution in [3.63, 3.8) is 0 Å². The van der Waals surface area contributed by atoms with E-state index in [9.17, 15) is 0 Å². The summed E-state index contributed by atoms with van der Waals surface area (Å²) in [5, 5.41) is 0. The van der Waals surface area contributed by atoms with Gasteiger partial charge in [-0.2, -0.15) is 0 Å². The van der Waals surface area contributed by atoms with Gasteiger partial charge in [0, 0.05) is 0 Å². The first-order chi connectivity index (χ1) is 4.31. The second-order valence-electron chi connectivity index (χ2n) is 2.60. The van der Waals surface area contributed by atoms with E-state index in [1.807, 2.05) is 0 Å². The third kappa shape index (κ3) is 5.83. The minimum Gasteiger partial charge on any atom is -0.102 e. The van der Waals surface area contributed by atoms with Gasteiger partial charge in [0.15, 0.2) is 0 Å². The molecule has 0 heterocycles. The van der Waals surface area contributed by atoms with Crippen molar-refractivity contribution in [3.05, 3.63) is 11.8 Å². The molecule has 0 saturated carbocycles. The van der Waals surface area contributed by atoms with Crippen molar-refractivity contribution in [2.45, 2.75) is 39.3 Å². The topological polar surface area (TPSA) is 0 Å². The molecule has 0 N–H and O–H groups in total. The molecular weight excluding hydrogens is 124 g/mol. The largest absolute Gasteiger partial charge is 0.102 e. The Balaban J connectivity index is 3.20. The van der Waals surface area contributed by atoms with E-state index >= 15 is 0 Å². The lowest BCUT2D eigenvalue weighted by Crippen LogP contribution is -1.98. The quantitative estimate of drug-likeness (QED) is 0.529. The molecule has 0 aromatic rings. The van der Waals surface area contributed by atoms with E-state index in [4.69, 9.17) is 0 Å². The van der Waals surface area contributed by atoms with Crippen LogP contribution in [0.4, 0.5) is 0 Å². The van der Waals surface area contributed by atoms with Crippen molar-refractivity contribution in [2.24, 2.45) is 0 Å². The van der Waals surface area contributed by atoms with Crippen molar-refractivity contribution in [2.75, 3.05) is 0 Å². The van der Waals surface area contributed by atoms with Gasteiger partial charge in [-0.15, -0.1) is 5.70 Å². The summed E-state index contributed by atoms with van der Waals surface area (Å²) in [6.07, 6.45) is 4.92. The predicted molar refractivity (Wildman–Crippen MR) is 47.5 cm³/mol. The number of unbranched alkanes of at least 4 members (excludes halogenated alkanes) is 1. The molecule has 0 aliphatic carbocycles. The van der Waals surface area contributed by atoms with Crippen LogP contribution in [-0.2, 0) is 0 Å². The third-order valence-corrected chi connectivity index (χ3v) is 3.78. The van der Waals surface area contributed by atoms with Crippen molar-refractivity contribution >= 4 is 8.80 Å². The maximum atomic E-state index is 2.45. The molecule has 0 fully saturated rings. The number of hydrogen-bond donors (Lipinski definition) is 0. The van der Waals surface area contributed by atoms with Crippen molar-refractivity contribution < 1.29 is 0 Å². The molecule has 54 valence electrons. The molecule has 0 rings (SSSR count). The fourth-order valence-corrected chi connectivity index (χ4v) is 1.56. The summed E-state index contributed by atoms with van der Waals surface area (Å²) in [5.74, 6) is 0. The highest BCUT2D eigenvalue weighted by Gasteiger charge is 1.90. The summed E-state index contributed by atoms with van der Waals surface area (Å²) in [4.78, 5) is 0. The van der Waals surface area contributed by atoms with Crippen molar-refractivity contribution in [1.29, 1.82) is 0 Å². The molecule has 0 aromatic carbocycles. The molecule has 0 aliphatic heterocycles. The molecule has 1 unspecified atom stereocenters. The van der Waals surface area contributed by atoms with Gasteiger partial charge in [-0.25, -0.2) is 0 Å². The van der Waals surface area contributed by atoms with Crippen LogP contribution < -0.4 is 0 Å². The smallest absolute Gasteiger partial charge is 0.0577 e. The van der Waals surface area contributed by atoms with Gasteiger partial charge in [0.1, 0.15) is 0 Å². The zero-order chi connectivity index (χ0) is 7.11. The average Bonchev–Trinajstić information content (AvgIpc) is 1.89. The first kappa shape index (κ1) is 8.96. The van der Waals surface area contributed by atoms with Gasteiger partial charge in [0.2, 0.25) is 0 Å². The fourth-order valence-electron chi connectivity index (χ4n) is 0.631. The normalized spacial score (nSPS) is 14.6. The SMILES string of the molecule is CCCC=C[SiH](C)CC. The summed E-state index contributed by atoms with van der Waals surface area (Å²) in [6, 6.07) is 1.40. The summed E-state index contributed by atoms with van der Waals surface area (Å²) in [6.45, 7) is 6.90. The second kappa shape index (κ2) is 6.08. The first-order valence-corrected chi connectivity index (χ1v) is 6.61. The van der Waals surface area contributed by atoms with Gasteiger partial charge < -0.3 is 0 Å². The molecule has 1 atom stereocenters. The molecule has 0 radical (unpaired) electrons. The second-order valence-corrected chi connectivity index (χ2v) is 5.76. The van der Waals surface area contributed by atoms with E-state index < -0.39 is 8.80 Å². The molecule has 1 heteroatoms. The Bertz CT molecular complexity index is 76.6. The van der Waals surface area contributed by atoms with Crippen molar-refractivity contribution in [3.8, 4) is 0 Å². The summed E-state index contributed by atoms with van der Waals surface area (Å²) in [7, 11) is -0.393. The fraction of sp³-hybridized carbons (Fsp3) is 0.750. The first-order valence-electron chi connectivity index (χ1n) is 3.97. The van der Waals surface area contributed by atoms with Crippen LogP contribution in [0.15, 0.2) is 11.8 Å². The molecule has 0 aliphatic rings. The Morgan fingerprint density at radius 1 is 1.33 bits per heavy atom. The van der Waals surface area contributed by atoms with Crippen LogP contribution in [0.25, 0.3) is 0 Å². The zero-order valence-corrected chi connectivity index (χ0v) is 8.01. The Morgan fingerprint density at radius 3 is 2.44 bits per heavy atom. The lowest BCUT2D eigenvalue weighted by Gasteiger charge is -1.95. The van der Waals surface area contributed by atoms with E-state index in [-0.39, 0.29) is 0 Å². The predicted octanol–water partition coefficient (Wildman–Crippen LogP) is 2.76. The standard InChI is InChI=1S/C8H18Si/c1-4-6-7-8-9(3)5-2/h7-9H,4-6H2,1-3H3. The van der Waals surface area contributed by atoms with Crippen LogP contribution in [-0.4, -0.2) is 8.80 Å². The molecular formula is C8H18Si. The van der Waals surface area contributed by atoms with E-state index in [0.717, 1.165) is 0 Å². The van der Waals surface area contributed by atoms with Crippen LogP contribution in [0.5, 0.6) is 0 Å². The molecule has 9 heavy (non-hydrogen) atoms. The zero-order valence-electron chi connectivity index (χ0n) is 6.85. The van der Waals surface area contributed by atoms with Crippen LogP contribution in [0.3, 0.4) is 0 Å². The van der Waals surface area contributed by atoms with E-state index in [1.165, 1.54) is 18.9 Å². The lowest BCUT2D eigenvalue weighted by atomic mass is 10.3. The van der Waals surface area contributed by atoms with Crippen LogP contribution in [0.2, 0.25) is 12.6 Å². The van der Waals surface area contributed by atoms with Crippen LogP contribution in [0.1, 0.15) is 26.7 Å². The lowest BCUT2D eigenvalue weighted by molar-refractivity contribution is 0.959. The third-order valence-electron chi connectivity index (χ3n) is 1.56. The van der Waals surface area contributed by atoms with Gasteiger partial charge >= 0.3 is 0 Å². The Labute approximate surface area is 60.6 Å². The average molecular weight is 142 g/mol. The van der Waals surface area contributed by atoms with Gasteiger partial charge in [-0.1, -0.05) is 38.9 Å². The summed E-state index contributed by atoms with van der Waals surface area (Å²) in [5.41, 5.74) is 2.45. The number of hydrogen-bond acceptors (Lipinski definition) is 0. The Hall–Kier alpha value is -0.0431. The highest BCUT2D eigenvalue weighted by atomic mass is 28.3. The van der Waals surface area contributed by atoms with Gasteiger partial charge in [0.25, 0.3) is 0 Å².